The van der Waals surface area contributed by atoms with Crippen molar-refractivity contribution in [3.05, 3.63) is 0 Å². The predicted molar refractivity (Wildman–Crippen MR) is 35.6 cm³/mol. The molecule has 0 bridgehead atoms. The van der Waals surface area contributed by atoms with Crippen LogP contribution in [-0.2, 0) is 0 Å². The maximum atomic E-state index is 8.56. The second-order valence-electron chi connectivity index (χ2n) is 0.848. The van der Waals surface area contributed by atoms with Gasteiger partial charge in [-0.25, -0.2) is 14.4 Å². The van der Waals surface area contributed by atoms with Gasteiger partial charge in [0.1, 0.15) is 0 Å². The van der Waals surface area contributed by atoms with Crippen molar-refractivity contribution < 1.29 is 131 Å². The van der Waals surface area contributed by atoms with E-state index in [2.05, 4.69) is 0 Å². The van der Waals surface area contributed by atoms with E-state index in [4.69, 9.17) is 45.0 Å². The van der Waals surface area contributed by atoms with E-state index in [0.29, 0.717) is 0 Å². The number of carbonyl (C=O) groups is 3. The molecule has 0 radical (unpaired) electrons. The summed E-state index contributed by atoms with van der Waals surface area (Å²) >= 11 is 0. The second-order valence-corrected chi connectivity index (χ2v) is 0.848. The van der Waals surface area contributed by atoms with E-state index in [0.717, 1.165) is 0 Å². The molecule has 0 rings (SSSR count). The minimum absolute atomic E-state index is 0. The molecule has 92 valence electrons. The fourth-order valence-corrected chi connectivity index (χ4v) is 0. The van der Waals surface area contributed by atoms with E-state index in [1.807, 2.05) is 0 Å². The van der Waals surface area contributed by atoms with E-state index >= 15 is 0 Å². The Kier molecular flexibility index (Phi) is 70.5. The molecule has 0 spiro atoms. The van der Waals surface area contributed by atoms with Crippen LogP contribution in [0.5, 0.6) is 0 Å². The van der Waals surface area contributed by atoms with Gasteiger partial charge in [-0.1, -0.05) is 0 Å². The molecular weight excluding hydrogens is 497 g/mol. The van der Waals surface area contributed by atoms with Crippen molar-refractivity contribution in [2.45, 2.75) is 0 Å². The summed E-state index contributed by atoms with van der Waals surface area (Å²) in [5, 5.41) is 41.8. The zero-order valence-corrected chi connectivity index (χ0v) is 12.0. The molecule has 0 amide bonds. The summed E-state index contributed by atoms with van der Waals surface area (Å²) in [4.78, 5) is 25.7. The molecule has 0 aromatic heterocycles. The first-order chi connectivity index (χ1) is 5.20. The monoisotopic (exact) mass is 508 g/mol. The maximum Gasteiger partial charge on any atom is 0.503 e. The smallest absolute Gasteiger partial charge is 0.450 e. The van der Waals surface area contributed by atoms with Crippen molar-refractivity contribution in [2.24, 2.45) is 0 Å². The molecule has 0 aliphatic rings. The molecule has 15 heavy (non-hydrogen) atoms. The van der Waals surface area contributed by atoms with Crippen LogP contribution in [0, 0.1) is 80.8 Å². The molecule has 0 aromatic rings. The quantitative estimate of drug-likeness (QED) is 0.259. The second kappa shape index (κ2) is 29.3. The van der Waals surface area contributed by atoms with Crippen LogP contribution in [0.1, 0.15) is 0 Å². The maximum absolute atomic E-state index is 8.56. The van der Waals surface area contributed by atoms with Gasteiger partial charge in [-0.2, -0.15) is 0 Å². The minimum atomic E-state index is -1.83. The van der Waals surface area contributed by atoms with Gasteiger partial charge in [-0.3, -0.25) is 0 Å². The van der Waals surface area contributed by atoms with Crippen LogP contribution in [-0.4, -0.2) is 54.6 Å². The Morgan fingerprint density at radius 1 is 0.533 bits per heavy atom. The predicted octanol–water partition coefficient (Wildman–Crippen LogP) is -0.157. The Balaban J connectivity index is -0.0000000184. The summed E-state index contributed by atoms with van der Waals surface area (Å²) in [6.45, 7) is 0. The molecule has 10 nitrogen and oxygen atoms in total. The van der Waals surface area contributed by atoms with Crippen molar-refractivity contribution in [3.63, 3.8) is 0 Å². The summed E-state index contributed by atoms with van der Waals surface area (Å²) in [5.74, 6) is 0. The van der Waals surface area contributed by atoms with Crippen molar-refractivity contribution >= 4 is 18.5 Å². The molecule has 0 heterocycles. The fraction of sp³-hybridized carbons (Fsp3) is 0. The molecule has 0 aliphatic heterocycles. The molecule has 0 fully saturated rings. The van der Waals surface area contributed by atoms with E-state index in [1.165, 1.54) is 0 Å². The molecule has 12 heteroatoms. The summed E-state index contributed by atoms with van der Waals surface area (Å²) in [7, 11) is 0. The van der Waals surface area contributed by atoms with Gasteiger partial charge in [0.15, 0.2) is 0 Å². The van der Waals surface area contributed by atoms with Crippen molar-refractivity contribution in [1.29, 1.82) is 0 Å². The summed E-state index contributed by atoms with van der Waals surface area (Å²) < 4.78 is 0. The fourth-order valence-electron chi connectivity index (χ4n) is 0. The number of carboxylic acid groups (broad SMARTS) is 6. The Morgan fingerprint density at radius 2 is 0.533 bits per heavy atom. The van der Waals surface area contributed by atoms with Gasteiger partial charge in [-0.15, -0.1) is 0 Å². The Labute approximate surface area is 147 Å². The third kappa shape index (κ3) is 11300. The molecular formula is C3H8O10Sm2. The van der Waals surface area contributed by atoms with Crippen molar-refractivity contribution in [1.82, 2.24) is 0 Å². The van der Waals surface area contributed by atoms with Gasteiger partial charge >= 0.3 is 18.5 Å². The largest absolute Gasteiger partial charge is 0.503 e. The Bertz CT molecular complexity index is 116. The molecule has 0 saturated carbocycles. The van der Waals surface area contributed by atoms with Crippen LogP contribution in [0.3, 0.4) is 0 Å². The molecule has 0 aromatic carbocycles. The molecule has 0 aliphatic carbocycles. The third-order valence-electron chi connectivity index (χ3n) is 0. The zero-order valence-electron chi connectivity index (χ0n) is 6.72. The first-order valence-electron chi connectivity index (χ1n) is 1.95. The van der Waals surface area contributed by atoms with Crippen LogP contribution in [0.4, 0.5) is 14.4 Å². The van der Waals surface area contributed by atoms with Crippen molar-refractivity contribution in [2.75, 3.05) is 0 Å². The zero-order chi connectivity index (χ0) is 10.7. The van der Waals surface area contributed by atoms with E-state index < -0.39 is 18.5 Å². The molecule has 0 atom stereocenters. The summed E-state index contributed by atoms with van der Waals surface area (Å²) in [6.07, 6.45) is -5.50. The Hall–Kier alpha value is 0.445. The SMILES string of the molecule is O.O=C(O)O.O=C(O)O.O=C(O)O.[Sm].[Sm]. The number of hydrogen-bond acceptors (Lipinski definition) is 3. The minimum Gasteiger partial charge on any atom is -0.450 e. The molecule has 0 unspecified atom stereocenters. The first-order valence-corrected chi connectivity index (χ1v) is 1.95. The number of rotatable bonds is 0. The van der Waals surface area contributed by atoms with Crippen molar-refractivity contribution in [3.8, 4) is 0 Å². The Morgan fingerprint density at radius 3 is 0.533 bits per heavy atom. The van der Waals surface area contributed by atoms with Gasteiger partial charge in [0.2, 0.25) is 0 Å². The molecule has 8 N–H and O–H groups in total. The van der Waals surface area contributed by atoms with E-state index in [9.17, 15) is 0 Å². The molecule has 0 saturated heterocycles. The van der Waals surface area contributed by atoms with Gasteiger partial charge in [0.05, 0.1) is 0 Å². The van der Waals surface area contributed by atoms with Crippen LogP contribution in [0.25, 0.3) is 0 Å². The van der Waals surface area contributed by atoms with Gasteiger partial charge < -0.3 is 36.1 Å². The van der Waals surface area contributed by atoms with Crippen LogP contribution < -0.4 is 0 Å². The topological polar surface area (TPSA) is 204 Å². The van der Waals surface area contributed by atoms with Gasteiger partial charge in [0.25, 0.3) is 0 Å². The normalized spacial score (nSPS) is 4.80. The average Bonchev–Trinajstić information content (AvgIpc) is 1.54. The van der Waals surface area contributed by atoms with Crippen LogP contribution >= 0.6 is 0 Å². The van der Waals surface area contributed by atoms with E-state index in [1.54, 1.807) is 0 Å². The van der Waals surface area contributed by atoms with Gasteiger partial charge in [0, 0.05) is 80.8 Å². The van der Waals surface area contributed by atoms with Crippen LogP contribution in [0.15, 0.2) is 0 Å². The standard InChI is InChI=1S/3CH2O3.H2O.2Sm/c3*2-1(3)4;;;/h3*(H2,2,3,4);1H2;;. The van der Waals surface area contributed by atoms with Crippen LogP contribution in [0.2, 0.25) is 0 Å². The first kappa shape index (κ1) is 36.1. The summed E-state index contributed by atoms with van der Waals surface area (Å²) in [6, 6.07) is 0. The average molecular weight is 505 g/mol. The van der Waals surface area contributed by atoms with Gasteiger partial charge in [-0.05, 0) is 0 Å². The third-order valence-corrected chi connectivity index (χ3v) is 0. The number of hydrogen-bond donors (Lipinski definition) is 6. The van der Waals surface area contributed by atoms with E-state index in [-0.39, 0.29) is 86.3 Å². The summed E-state index contributed by atoms with van der Waals surface area (Å²) in [5.41, 5.74) is 0.